The SMILES string of the molecule is Cc1ccc(S(=O)(=O)N2CCc3c([C@@H]4C[C@@H]4c4ccccc4)cc4ccccc4c32)cc1. The molecular weight excluding hydrogens is 414 g/mol. The van der Waals surface area contributed by atoms with Crippen molar-refractivity contribution < 1.29 is 8.42 Å². The Labute approximate surface area is 189 Å². The number of nitrogens with zero attached hydrogens (tertiary/aromatic N) is 1. The van der Waals surface area contributed by atoms with Gasteiger partial charge in [0.2, 0.25) is 0 Å². The van der Waals surface area contributed by atoms with Crippen molar-refractivity contribution in [2.24, 2.45) is 0 Å². The third kappa shape index (κ3) is 3.05. The van der Waals surface area contributed by atoms with Crippen LogP contribution in [0.1, 0.15) is 40.5 Å². The highest BCUT2D eigenvalue weighted by Gasteiger charge is 2.43. The van der Waals surface area contributed by atoms with Crippen molar-refractivity contribution in [1.29, 1.82) is 0 Å². The fourth-order valence-corrected chi connectivity index (χ4v) is 6.80. The van der Waals surface area contributed by atoms with Gasteiger partial charge in [-0.1, -0.05) is 78.4 Å². The molecule has 1 saturated carbocycles. The van der Waals surface area contributed by atoms with Crippen LogP contribution in [0.25, 0.3) is 10.8 Å². The molecule has 160 valence electrons. The predicted molar refractivity (Wildman–Crippen MR) is 130 cm³/mol. The van der Waals surface area contributed by atoms with Crippen LogP contribution >= 0.6 is 0 Å². The van der Waals surface area contributed by atoms with Crippen LogP contribution in [0.5, 0.6) is 0 Å². The highest BCUT2D eigenvalue weighted by molar-refractivity contribution is 7.92. The average Bonchev–Trinajstić information content (AvgIpc) is 3.48. The number of sulfonamides is 1. The van der Waals surface area contributed by atoms with Gasteiger partial charge >= 0.3 is 0 Å². The maximum atomic E-state index is 13.7. The van der Waals surface area contributed by atoms with Gasteiger partial charge in [-0.05, 0) is 65.8 Å². The standard InChI is InChI=1S/C28H25NO2S/c1-19-11-13-22(14-12-19)32(30,31)29-16-15-24-26(17-21-9-5-6-10-23(21)28(24)29)27-18-25(27)20-7-3-2-4-8-20/h2-14,17,25,27H,15-16,18H2,1H3/t25-,27-/m1/s1. The summed E-state index contributed by atoms with van der Waals surface area (Å²) in [6.07, 6.45) is 1.89. The highest BCUT2D eigenvalue weighted by Crippen LogP contribution is 2.57. The fourth-order valence-electron chi connectivity index (χ4n) is 5.28. The molecule has 0 unspecified atom stereocenters. The number of benzene rings is 4. The summed E-state index contributed by atoms with van der Waals surface area (Å²) in [6.45, 7) is 2.47. The molecule has 32 heavy (non-hydrogen) atoms. The number of hydrogen-bond donors (Lipinski definition) is 0. The average molecular weight is 440 g/mol. The molecule has 3 nitrogen and oxygen atoms in total. The van der Waals surface area contributed by atoms with Gasteiger partial charge in [0.05, 0.1) is 10.6 Å². The zero-order valence-electron chi connectivity index (χ0n) is 18.0. The summed E-state index contributed by atoms with van der Waals surface area (Å²) in [5.74, 6) is 0.974. The Morgan fingerprint density at radius 2 is 1.56 bits per heavy atom. The number of fused-ring (bicyclic) bond motifs is 3. The van der Waals surface area contributed by atoms with Crippen LogP contribution in [-0.4, -0.2) is 15.0 Å². The van der Waals surface area contributed by atoms with E-state index in [1.165, 1.54) is 16.7 Å². The summed E-state index contributed by atoms with van der Waals surface area (Å²) in [6, 6.07) is 28.4. The molecule has 2 atom stereocenters. The van der Waals surface area contributed by atoms with Crippen molar-refractivity contribution >= 4 is 26.5 Å². The van der Waals surface area contributed by atoms with Gasteiger partial charge in [-0.2, -0.15) is 0 Å². The first-order valence-electron chi connectivity index (χ1n) is 11.2. The topological polar surface area (TPSA) is 37.4 Å². The minimum Gasteiger partial charge on any atom is -0.265 e. The summed E-state index contributed by atoms with van der Waals surface area (Å²) < 4.78 is 29.0. The predicted octanol–water partition coefficient (Wildman–Crippen LogP) is 6.17. The van der Waals surface area contributed by atoms with E-state index in [2.05, 4.69) is 48.5 Å². The van der Waals surface area contributed by atoms with Crippen LogP contribution in [-0.2, 0) is 16.4 Å². The lowest BCUT2D eigenvalue weighted by Crippen LogP contribution is -2.29. The molecule has 0 bridgehead atoms. The second-order valence-corrected chi connectivity index (χ2v) is 10.9. The number of anilines is 1. The van der Waals surface area contributed by atoms with E-state index in [0.717, 1.165) is 34.9 Å². The van der Waals surface area contributed by atoms with E-state index < -0.39 is 10.0 Å². The first-order chi connectivity index (χ1) is 15.5. The van der Waals surface area contributed by atoms with Gasteiger partial charge in [0, 0.05) is 11.9 Å². The molecule has 1 heterocycles. The quantitative estimate of drug-likeness (QED) is 0.381. The molecule has 0 aromatic heterocycles. The zero-order valence-corrected chi connectivity index (χ0v) is 18.8. The van der Waals surface area contributed by atoms with Crippen molar-refractivity contribution in [1.82, 2.24) is 0 Å². The van der Waals surface area contributed by atoms with E-state index in [-0.39, 0.29) is 0 Å². The van der Waals surface area contributed by atoms with Crippen molar-refractivity contribution in [3.63, 3.8) is 0 Å². The summed E-state index contributed by atoms with van der Waals surface area (Å²) in [5, 5.41) is 2.14. The molecular formula is C28H25NO2S. The number of aryl methyl sites for hydroxylation is 1. The van der Waals surface area contributed by atoms with Gasteiger partial charge in [-0.25, -0.2) is 8.42 Å². The Morgan fingerprint density at radius 3 is 2.34 bits per heavy atom. The second kappa shape index (κ2) is 7.21. The van der Waals surface area contributed by atoms with Gasteiger partial charge in [0.15, 0.2) is 0 Å². The molecule has 1 aliphatic carbocycles. The number of rotatable bonds is 4. The molecule has 4 aromatic rings. The molecule has 0 saturated heterocycles. The first-order valence-corrected chi connectivity index (χ1v) is 12.7. The van der Waals surface area contributed by atoms with E-state index in [0.29, 0.717) is 23.3 Å². The molecule has 6 rings (SSSR count). The third-order valence-corrected chi connectivity index (χ3v) is 8.82. The maximum Gasteiger partial charge on any atom is 0.264 e. The van der Waals surface area contributed by atoms with Gasteiger partial charge in [-0.15, -0.1) is 0 Å². The summed E-state index contributed by atoms with van der Waals surface area (Å²) in [5.41, 5.74) is 5.86. The fraction of sp³-hybridized carbons (Fsp3) is 0.214. The van der Waals surface area contributed by atoms with Crippen LogP contribution in [0, 0.1) is 6.92 Å². The van der Waals surface area contributed by atoms with Crippen LogP contribution < -0.4 is 4.31 Å². The van der Waals surface area contributed by atoms with Crippen LogP contribution in [0.2, 0.25) is 0 Å². The molecule has 2 aliphatic rings. The molecule has 4 heteroatoms. The molecule has 0 radical (unpaired) electrons. The van der Waals surface area contributed by atoms with E-state index in [4.69, 9.17) is 0 Å². The van der Waals surface area contributed by atoms with E-state index in [9.17, 15) is 8.42 Å². The first kappa shape index (κ1) is 19.6. The Bertz CT molecular complexity index is 1430. The molecule has 1 aliphatic heterocycles. The molecule has 0 N–H and O–H groups in total. The normalized spacial score (nSPS) is 19.8. The monoisotopic (exact) mass is 439 g/mol. The van der Waals surface area contributed by atoms with Crippen molar-refractivity contribution in [2.45, 2.75) is 36.5 Å². The van der Waals surface area contributed by atoms with E-state index in [1.807, 2.05) is 31.2 Å². The minimum absolute atomic E-state index is 0.360. The van der Waals surface area contributed by atoms with E-state index in [1.54, 1.807) is 16.4 Å². The maximum absolute atomic E-state index is 13.7. The Balaban J connectivity index is 1.49. The van der Waals surface area contributed by atoms with Crippen molar-refractivity contribution in [2.75, 3.05) is 10.8 Å². The van der Waals surface area contributed by atoms with Gasteiger partial charge in [0.1, 0.15) is 0 Å². The zero-order chi connectivity index (χ0) is 21.9. The Kier molecular flexibility index (Phi) is 4.41. The highest BCUT2D eigenvalue weighted by atomic mass is 32.2. The summed E-state index contributed by atoms with van der Waals surface area (Å²) >= 11 is 0. The van der Waals surface area contributed by atoms with Crippen LogP contribution in [0.15, 0.2) is 89.8 Å². The second-order valence-electron chi connectivity index (χ2n) is 9.01. The lowest BCUT2D eigenvalue weighted by atomic mass is 9.94. The number of hydrogen-bond acceptors (Lipinski definition) is 2. The molecule has 4 aromatic carbocycles. The summed E-state index contributed by atoms with van der Waals surface area (Å²) in [7, 11) is -3.61. The van der Waals surface area contributed by atoms with Crippen LogP contribution in [0.3, 0.4) is 0 Å². The molecule has 0 spiro atoms. The van der Waals surface area contributed by atoms with E-state index >= 15 is 0 Å². The Morgan fingerprint density at radius 1 is 0.844 bits per heavy atom. The smallest absolute Gasteiger partial charge is 0.264 e. The Hall–Kier alpha value is -3.11. The van der Waals surface area contributed by atoms with Crippen molar-refractivity contribution in [3.05, 3.63) is 107 Å². The molecule has 1 fully saturated rings. The largest absolute Gasteiger partial charge is 0.265 e. The minimum atomic E-state index is -3.61. The molecule has 0 amide bonds. The van der Waals surface area contributed by atoms with Crippen molar-refractivity contribution in [3.8, 4) is 0 Å². The summed E-state index contributed by atoms with van der Waals surface area (Å²) in [4.78, 5) is 0.360. The third-order valence-electron chi connectivity index (χ3n) is 7.00. The van der Waals surface area contributed by atoms with Gasteiger partial charge < -0.3 is 0 Å². The van der Waals surface area contributed by atoms with Gasteiger partial charge in [0.25, 0.3) is 10.0 Å². The van der Waals surface area contributed by atoms with Crippen LogP contribution in [0.4, 0.5) is 5.69 Å². The van der Waals surface area contributed by atoms with Gasteiger partial charge in [-0.3, -0.25) is 4.31 Å². The lowest BCUT2D eigenvalue weighted by Gasteiger charge is -2.22. The lowest BCUT2D eigenvalue weighted by molar-refractivity contribution is 0.592.